The molecule has 17 heavy (non-hydrogen) atoms. The van der Waals surface area contributed by atoms with E-state index in [0.29, 0.717) is 17.9 Å². The molecule has 0 unspecified atom stereocenters. The third kappa shape index (κ3) is 5.15. The van der Waals surface area contributed by atoms with Crippen molar-refractivity contribution >= 4 is 49.5 Å². The minimum Gasteiger partial charge on any atom is -0.351 e. The van der Waals surface area contributed by atoms with Gasteiger partial charge in [0, 0.05) is 21.2 Å². The Morgan fingerprint density at radius 2 is 2.24 bits per heavy atom. The molecule has 0 atom stereocenters. The van der Waals surface area contributed by atoms with Crippen LogP contribution >= 0.6 is 43.6 Å². The quantitative estimate of drug-likeness (QED) is 0.630. The maximum absolute atomic E-state index is 11.8. The first-order valence-corrected chi connectivity index (χ1v) is 7.63. The van der Waals surface area contributed by atoms with Crippen molar-refractivity contribution in [2.75, 3.05) is 18.1 Å². The number of nitrogens with one attached hydrogen (secondary N) is 1. The number of amides is 1. The van der Waals surface area contributed by atoms with Gasteiger partial charge in [0.1, 0.15) is 0 Å². The van der Waals surface area contributed by atoms with E-state index in [-0.39, 0.29) is 5.91 Å². The minimum atomic E-state index is -0.0838. The SMILES string of the molecule is C#CCSCCNC(=O)c1cc(Br)ccc1Br. The average Bonchev–Trinajstić information content (AvgIpc) is 2.32. The van der Waals surface area contributed by atoms with Gasteiger partial charge in [-0.3, -0.25) is 4.79 Å². The lowest BCUT2D eigenvalue weighted by atomic mass is 10.2. The van der Waals surface area contributed by atoms with Gasteiger partial charge < -0.3 is 5.32 Å². The third-order valence-corrected chi connectivity index (χ3v) is 3.94. The first kappa shape index (κ1) is 14.6. The predicted molar refractivity (Wildman–Crippen MR) is 80.3 cm³/mol. The van der Waals surface area contributed by atoms with Gasteiger partial charge in [-0.1, -0.05) is 21.9 Å². The highest BCUT2D eigenvalue weighted by molar-refractivity contribution is 9.11. The summed E-state index contributed by atoms with van der Waals surface area (Å²) < 4.78 is 1.67. The van der Waals surface area contributed by atoms with E-state index in [0.717, 1.165) is 14.7 Å². The number of rotatable bonds is 5. The van der Waals surface area contributed by atoms with E-state index in [1.54, 1.807) is 17.8 Å². The molecular formula is C12H11Br2NOS. The summed E-state index contributed by atoms with van der Waals surface area (Å²) >= 11 is 8.32. The van der Waals surface area contributed by atoms with Crippen molar-refractivity contribution in [1.82, 2.24) is 5.32 Å². The van der Waals surface area contributed by atoms with E-state index in [1.165, 1.54) is 0 Å². The Labute approximate surface area is 122 Å². The lowest BCUT2D eigenvalue weighted by Crippen LogP contribution is -2.26. The minimum absolute atomic E-state index is 0.0838. The van der Waals surface area contributed by atoms with E-state index in [1.807, 2.05) is 12.1 Å². The van der Waals surface area contributed by atoms with Crippen molar-refractivity contribution in [1.29, 1.82) is 0 Å². The highest BCUT2D eigenvalue weighted by Crippen LogP contribution is 2.21. The summed E-state index contributed by atoms with van der Waals surface area (Å²) in [6.45, 7) is 0.615. The van der Waals surface area contributed by atoms with Crippen LogP contribution in [0, 0.1) is 12.3 Å². The van der Waals surface area contributed by atoms with E-state index in [4.69, 9.17) is 6.42 Å². The zero-order valence-electron chi connectivity index (χ0n) is 9.00. The van der Waals surface area contributed by atoms with E-state index in [9.17, 15) is 4.79 Å². The Kier molecular flexibility index (Phi) is 6.71. The second kappa shape index (κ2) is 7.80. The van der Waals surface area contributed by atoms with E-state index in [2.05, 4.69) is 43.1 Å². The van der Waals surface area contributed by atoms with Gasteiger partial charge >= 0.3 is 0 Å². The van der Waals surface area contributed by atoms with Crippen molar-refractivity contribution in [3.63, 3.8) is 0 Å². The summed E-state index contributed by atoms with van der Waals surface area (Å²) in [4.78, 5) is 11.8. The number of halogens is 2. The molecule has 0 fully saturated rings. The van der Waals surface area contributed by atoms with Gasteiger partial charge in [-0.2, -0.15) is 0 Å². The van der Waals surface area contributed by atoms with Gasteiger partial charge in [-0.25, -0.2) is 0 Å². The molecule has 90 valence electrons. The zero-order valence-corrected chi connectivity index (χ0v) is 13.0. The Morgan fingerprint density at radius 3 is 2.94 bits per heavy atom. The zero-order chi connectivity index (χ0) is 12.7. The van der Waals surface area contributed by atoms with Crippen molar-refractivity contribution in [2.45, 2.75) is 0 Å². The highest BCUT2D eigenvalue weighted by Gasteiger charge is 2.09. The van der Waals surface area contributed by atoms with Crippen LogP contribution < -0.4 is 5.32 Å². The number of benzene rings is 1. The summed E-state index contributed by atoms with van der Waals surface area (Å²) in [6.07, 6.45) is 5.13. The van der Waals surface area contributed by atoms with Crippen LogP contribution in [-0.4, -0.2) is 24.0 Å². The number of hydrogen-bond acceptors (Lipinski definition) is 2. The van der Waals surface area contributed by atoms with Crippen molar-refractivity contribution in [3.05, 3.63) is 32.7 Å². The predicted octanol–water partition coefficient (Wildman–Crippen LogP) is 3.31. The van der Waals surface area contributed by atoms with Gasteiger partial charge in [0.25, 0.3) is 5.91 Å². The van der Waals surface area contributed by atoms with Gasteiger partial charge in [0.2, 0.25) is 0 Å². The number of carbonyl (C=O) groups is 1. The van der Waals surface area contributed by atoms with E-state index >= 15 is 0 Å². The van der Waals surface area contributed by atoms with Crippen molar-refractivity contribution < 1.29 is 4.79 Å². The highest BCUT2D eigenvalue weighted by atomic mass is 79.9. The number of carbonyl (C=O) groups excluding carboxylic acids is 1. The molecule has 0 bridgehead atoms. The molecule has 0 aromatic heterocycles. The molecule has 0 saturated carbocycles. The standard InChI is InChI=1S/C12H11Br2NOS/c1-2-6-17-7-5-15-12(16)10-8-9(13)3-4-11(10)14/h1,3-4,8H,5-7H2,(H,15,16). The lowest BCUT2D eigenvalue weighted by Gasteiger charge is -2.06. The van der Waals surface area contributed by atoms with Gasteiger partial charge in [0.15, 0.2) is 0 Å². The van der Waals surface area contributed by atoms with E-state index < -0.39 is 0 Å². The molecule has 1 rings (SSSR count). The Balaban J connectivity index is 2.47. The second-order valence-corrected chi connectivity index (χ2v) is 6.01. The molecule has 1 aromatic rings. The van der Waals surface area contributed by atoms with Crippen LogP contribution in [0.5, 0.6) is 0 Å². The summed E-state index contributed by atoms with van der Waals surface area (Å²) in [6, 6.07) is 5.50. The summed E-state index contributed by atoms with van der Waals surface area (Å²) in [5.41, 5.74) is 0.626. The first-order valence-electron chi connectivity index (χ1n) is 4.89. The molecule has 1 N–H and O–H groups in total. The molecule has 0 radical (unpaired) electrons. The summed E-state index contributed by atoms with van der Waals surface area (Å²) in [5, 5.41) is 2.85. The Morgan fingerprint density at radius 1 is 1.47 bits per heavy atom. The smallest absolute Gasteiger partial charge is 0.252 e. The molecule has 0 spiro atoms. The van der Waals surface area contributed by atoms with Crippen LogP contribution in [0.25, 0.3) is 0 Å². The third-order valence-electron chi connectivity index (χ3n) is 1.89. The fraction of sp³-hybridized carbons (Fsp3) is 0.250. The fourth-order valence-corrected chi connectivity index (χ4v) is 2.43. The number of thioether (sulfide) groups is 1. The lowest BCUT2D eigenvalue weighted by molar-refractivity contribution is 0.0955. The van der Waals surface area contributed by atoms with Crippen LogP contribution in [-0.2, 0) is 0 Å². The molecule has 1 aromatic carbocycles. The van der Waals surface area contributed by atoms with Gasteiger partial charge in [-0.05, 0) is 34.1 Å². The van der Waals surface area contributed by atoms with Crippen LogP contribution in [0.3, 0.4) is 0 Å². The number of hydrogen-bond donors (Lipinski definition) is 1. The first-order chi connectivity index (χ1) is 8.15. The van der Waals surface area contributed by atoms with Crippen LogP contribution in [0.2, 0.25) is 0 Å². The summed E-state index contributed by atoms with van der Waals surface area (Å²) in [7, 11) is 0. The van der Waals surface area contributed by atoms with Crippen LogP contribution in [0.1, 0.15) is 10.4 Å². The Hall–Kier alpha value is -0.440. The largest absolute Gasteiger partial charge is 0.351 e. The Bertz CT molecular complexity index is 443. The average molecular weight is 377 g/mol. The molecule has 2 nitrogen and oxygen atoms in total. The molecule has 0 aliphatic rings. The van der Waals surface area contributed by atoms with Crippen molar-refractivity contribution in [2.24, 2.45) is 0 Å². The number of terminal acetylenes is 1. The molecule has 0 saturated heterocycles. The van der Waals surface area contributed by atoms with Gasteiger partial charge in [-0.15, -0.1) is 18.2 Å². The summed E-state index contributed by atoms with van der Waals surface area (Å²) in [5.74, 6) is 3.95. The molecule has 0 aliphatic carbocycles. The topological polar surface area (TPSA) is 29.1 Å². The maximum Gasteiger partial charge on any atom is 0.252 e. The molecule has 1 amide bonds. The molecule has 5 heteroatoms. The van der Waals surface area contributed by atoms with Gasteiger partial charge in [0.05, 0.1) is 11.3 Å². The molecular weight excluding hydrogens is 366 g/mol. The normalized spacial score (nSPS) is 9.71. The molecule has 0 heterocycles. The van der Waals surface area contributed by atoms with Crippen LogP contribution in [0.4, 0.5) is 0 Å². The maximum atomic E-state index is 11.8. The monoisotopic (exact) mass is 375 g/mol. The fourth-order valence-electron chi connectivity index (χ4n) is 1.13. The van der Waals surface area contributed by atoms with Crippen LogP contribution in [0.15, 0.2) is 27.1 Å². The molecule has 0 aliphatic heterocycles. The second-order valence-electron chi connectivity index (χ2n) is 3.14. The van der Waals surface area contributed by atoms with Crippen molar-refractivity contribution in [3.8, 4) is 12.3 Å².